The first-order valence-corrected chi connectivity index (χ1v) is 7.57. The van der Waals surface area contributed by atoms with E-state index in [4.69, 9.17) is 4.74 Å². The molecular weight excluding hydrogens is 257 g/mol. The Hall–Kier alpha value is -1.13. The minimum Gasteiger partial charge on any atom is -0.464 e. The van der Waals surface area contributed by atoms with Crippen LogP contribution >= 0.6 is 20.5 Å². The number of hydrogen-bond donors (Lipinski definition) is 0. The van der Waals surface area contributed by atoms with E-state index < -0.39 is 0 Å². The smallest absolute Gasteiger partial charge is 0.355 e. The minimum atomic E-state index is -0.344. The number of esters is 1. The van der Waals surface area contributed by atoms with Crippen molar-refractivity contribution in [1.82, 2.24) is 14.3 Å². The van der Waals surface area contributed by atoms with E-state index in [9.17, 15) is 4.79 Å². The van der Waals surface area contributed by atoms with Crippen molar-refractivity contribution in [2.75, 3.05) is 20.0 Å². The Kier molecular flexibility index (Phi) is 3.64. The molecule has 0 saturated carbocycles. The standard InChI is InChI=1S/C10H12N3O2PS/c1-15-9(14)7-4-6-5-11-10(17-3)12-8(6)13(7)16-2/h4-5,16H,1-3H3. The van der Waals surface area contributed by atoms with Gasteiger partial charge in [-0.25, -0.2) is 14.8 Å². The van der Waals surface area contributed by atoms with Crippen LogP contribution in [0.5, 0.6) is 0 Å². The van der Waals surface area contributed by atoms with Crippen LogP contribution in [-0.2, 0) is 4.74 Å². The number of carbonyl (C=O) groups is 1. The summed E-state index contributed by atoms with van der Waals surface area (Å²) in [5, 5.41) is 1.56. The Bertz CT molecular complexity index is 570. The summed E-state index contributed by atoms with van der Waals surface area (Å²) in [7, 11) is 1.79. The van der Waals surface area contributed by atoms with Crippen LogP contribution < -0.4 is 0 Å². The molecular formula is C10H12N3O2PS. The first kappa shape index (κ1) is 12.3. The van der Waals surface area contributed by atoms with Gasteiger partial charge in [-0.2, -0.15) is 0 Å². The Labute approximate surface area is 105 Å². The molecule has 0 aliphatic carbocycles. The summed E-state index contributed by atoms with van der Waals surface area (Å²) in [5.74, 6) is -0.344. The lowest BCUT2D eigenvalue weighted by molar-refractivity contribution is 0.0593. The highest BCUT2D eigenvalue weighted by molar-refractivity contribution is 7.98. The highest BCUT2D eigenvalue weighted by Gasteiger charge is 2.16. The van der Waals surface area contributed by atoms with E-state index in [2.05, 4.69) is 9.97 Å². The van der Waals surface area contributed by atoms with Crippen LogP contribution in [0.25, 0.3) is 11.0 Å². The number of methoxy groups -OCH3 is 1. The normalized spacial score (nSPS) is 11.5. The molecule has 5 nitrogen and oxygen atoms in total. The van der Waals surface area contributed by atoms with Gasteiger partial charge in [0.15, 0.2) is 5.16 Å². The Morgan fingerprint density at radius 3 is 2.94 bits per heavy atom. The molecule has 2 rings (SSSR count). The maximum absolute atomic E-state index is 11.6. The topological polar surface area (TPSA) is 57.0 Å². The molecule has 0 saturated heterocycles. The molecule has 0 radical (unpaired) electrons. The maximum Gasteiger partial charge on any atom is 0.355 e. The van der Waals surface area contributed by atoms with Gasteiger partial charge in [0.25, 0.3) is 0 Å². The number of fused-ring (bicyclic) bond motifs is 1. The van der Waals surface area contributed by atoms with Crippen molar-refractivity contribution >= 4 is 37.5 Å². The van der Waals surface area contributed by atoms with Crippen LogP contribution in [0.2, 0.25) is 0 Å². The van der Waals surface area contributed by atoms with Crippen molar-refractivity contribution in [2.45, 2.75) is 5.16 Å². The Morgan fingerprint density at radius 2 is 2.35 bits per heavy atom. The Balaban J connectivity index is 2.67. The summed E-state index contributed by atoms with van der Waals surface area (Å²) in [4.78, 5) is 20.2. The first-order chi connectivity index (χ1) is 8.21. The zero-order chi connectivity index (χ0) is 12.4. The third kappa shape index (κ3) is 2.15. The number of ether oxygens (including phenoxy) is 1. The monoisotopic (exact) mass is 269 g/mol. The number of nitrogens with zero attached hydrogens (tertiary/aromatic N) is 3. The average Bonchev–Trinajstić information content (AvgIpc) is 2.74. The lowest BCUT2D eigenvalue weighted by atomic mass is 10.4. The van der Waals surface area contributed by atoms with Gasteiger partial charge in [-0.15, -0.1) is 0 Å². The molecule has 7 heteroatoms. The van der Waals surface area contributed by atoms with Crippen molar-refractivity contribution in [3.8, 4) is 0 Å². The van der Waals surface area contributed by atoms with Gasteiger partial charge in [-0.05, 0) is 27.7 Å². The molecule has 0 fully saturated rings. The second-order valence-corrected chi connectivity index (χ2v) is 4.88. The predicted octanol–water partition coefficient (Wildman–Crippen LogP) is 2.01. The van der Waals surface area contributed by atoms with Gasteiger partial charge in [-0.1, -0.05) is 11.8 Å². The van der Waals surface area contributed by atoms with Crippen LogP contribution in [0.3, 0.4) is 0 Å². The van der Waals surface area contributed by atoms with Gasteiger partial charge in [0.05, 0.1) is 7.11 Å². The largest absolute Gasteiger partial charge is 0.464 e. The number of rotatable bonds is 3. The summed E-state index contributed by atoms with van der Waals surface area (Å²) in [6.07, 6.45) is 3.65. The van der Waals surface area contributed by atoms with Crippen LogP contribution in [0.15, 0.2) is 17.4 Å². The lowest BCUT2D eigenvalue weighted by Gasteiger charge is -2.05. The summed E-state index contributed by atoms with van der Waals surface area (Å²) in [6, 6.07) is 1.77. The molecule has 1 atom stereocenters. The summed E-state index contributed by atoms with van der Waals surface area (Å²) < 4.78 is 6.62. The second kappa shape index (κ2) is 5.02. The molecule has 0 aliphatic heterocycles. The molecule has 0 spiro atoms. The summed E-state index contributed by atoms with van der Waals surface area (Å²) in [5.41, 5.74) is 1.31. The van der Waals surface area contributed by atoms with Crippen molar-refractivity contribution < 1.29 is 9.53 Å². The molecule has 0 aromatic carbocycles. The molecule has 0 aliphatic rings. The lowest BCUT2D eigenvalue weighted by Crippen LogP contribution is -2.05. The van der Waals surface area contributed by atoms with Crippen molar-refractivity contribution in [2.24, 2.45) is 0 Å². The Morgan fingerprint density at radius 1 is 1.59 bits per heavy atom. The third-order valence-corrected chi connectivity index (χ3v) is 3.78. The van der Waals surface area contributed by atoms with Gasteiger partial charge < -0.3 is 9.07 Å². The fourth-order valence-electron chi connectivity index (χ4n) is 1.55. The molecule has 0 N–H and O–H groups in total. The van der Waals surface area contributed by atoms with E-state index in [1.54, 1.807) is 12.3 Å². The number of carbonyl (C=O) groups excluding carboxylic acids is 1. The van der Waals surface area contributed by atoms with E-state index >= 15 is 0 Å². The van der Waals surface area contributed by atoms with Gasteiger partial charge in [0.1, 0.15) is 11.3 Å². The predicted molar refractivity (Wildman–Crippen MR) is 70.3 cm³/mol. The summed E-state index contributed by atoms with van der Waals surface area (Å²) in [6.45, 7) is 1.99. The van der Waals surface area contributed by atoms with Crippen molar-refractivity contribution in [3.63, 3.8) is 0 Å². The number of hydrogen-bond acceptors (Lipinski definition) is 5. The molecule has 90 valence electrons. The van der Waals surface area contributed by atoms with Crippen molar-refractivity contribution in [3.05, 3.63) is 18.0 Å². The minimum absolute atomic E-state index is 0.344. The third-order valence-electron chi connectivity index (χ3n) is 2.32. The number of aromatic nitrogens is 3. The molecule has 2 heterocycles. The van der Waals surface area contributed by atoms with E-state index in [0.29, 0.717) is 19.6 Å². The molecule has 17 heavy (non-hydrogen) atoms. The number of thioether (sulfide) groups is 1. The van der Waals surface area contributed by atoms with E-state index in [0.717, 1.165) is 11.0 Å². The van der Waals surface area contributed by atoms with E-state index in [1.165, 1.54) is 18.9 Å². The van der Waals surface area contributed by atoms with Crippen LogP contribution in [0.4, 0.5) is 0 Å². The van der Waals surface area contributed by atoms with Crippen LogP contribution in [0.1, 0.15) is 10.5 Å². The zero-order valence-electron chi connectivity index (χ0n) is 9.72. The van der Waals surface area contributed by atoms with Gasteiger partial charge in [0.2, 0.25) is 0 Å². The molecule has 2 aromatic heterocycles. The van der Waals surface area contributed by atoms with E-state index in [1.807, 2.05) is 17.3 Å². The highest BCUT2D eigenvalue weighted by atomic mass is 32.2. The average molecular weight is 269 g/mol. The fraction of sp³-hybridized carbons (Fsp3) is 0.300. The van der Waals surface area contributed by atoms with Gasteiger partial charge >= 0.3 is 5.97 Å². The second-order valence-electron chi connectivity index (χ2n) is 3.22. The molecule has 1 unspecified atom stereocenters. The van der Waals surface area contributed by atoms with Crippen LogP contribution in [0, 0.1) is 0 Å². The molecule has 2 aromatic rings. The summed E-state index contributed by atoms with van der Waals surface area (Å²) >= 11 is 1.48. The van der Waals surface area contributed by atoms with Gasteiger partial charge in [0, 0.05) is 11.6 Å². The van der Waals surface area contributed by atoms with Gasteiger partial charge in [-0.3, -0.25) is 0 Å². The van der Waals surface area contributed by atoms with E-state index in [-0.39, 0.29) is 5.97 Å². The molecule has 0 amide bonds. The fourth-order valence-corrected chi connectivity index (χ4v) is 2.68. The maximum atomic E-state index is 11.6. The molecule has 0 bridgehead atoms. The SMILES string of the molecule is COC(=O)c1cc2cnc(SC)nc2n1PC. The van der Waals surface area contributed by atoms with Crippen molar-refractivity contribution in [1.29, 1.82) is 0 Å². The van der Waals surface area contributed by atoms with Crippen LogP contribution in [-0.4, -0.2) is 40.3 Å². The highest BCUT2D eigenvalue weighted by Crippen LogP contribution is 2.26. The first-order valence-electron chi connectivity index (χ1n) is 4.89. The quantitative estimate of drug-likeness (QED) is 0.369. The zero-order valence-corrected chi connectivity index (χ0v) is 11.5.